The minimum atomic E-state index is -0.183. The lowest BCUT2D eigenvalue weighted by molar-refractivity contribution is 0.257. The van der Waals surface area contributed by atoms with E-state index in [0.29, 0.717) is 34.9 Å². The first-order valence-electron chi connectivity index (χ1n) is 5.80. The maximum atomic E-state index is 11.7. The number of rotatable bonds is 4. The molecule has 2 rings (SSSR count). The Hall–Kier alpha value is -2.04. The van der Waals surface area contributed by atoms with Gasteiger partial charge in [-0.2, -0.15) is 0 Å². The number of nitrogens with zero attached hydrogens (tertiary/aromatic N) is 1. The van der Waals surface area contributed by atoms with Crippen LogP contribution in [0.5, 0.6) is 11.5 Å². The first-order chi connectivity index (χ1) is 8.61. The second kappa shape index (κ2) is 5.08. The van der Waals surface area contributed by atoms with Crippen LogP contribution in [0.15, 0.2) is 23.3 Å². The molecule has 0 saturated heterocycles. The molecule has 96 valence electrons. The molecular weight excluding hydrogens is 232 g/mol. The lowest BCUT2D eigenvalue weighted by Crippen LogP contribution is -2.09. The first kappa shape index (κ1) is 12.4. The third-order valence-corrected chi connectivity index (χ3v) is 2.50. The van der Waals surface area contributed by atoms with E-state index < -0.39 is 0 Å². The SMILES string of the molecule is COc1cc2nc[nH]c(=O)c2cc1OCC(C)C. The summed E-state index contributed by atoms with van der Waals surface area (Å²) in [6, 6.07) is 3.38. The zero-order valence-corrected chi connectivity index (χ0v) is 10.7. The topological polar surface area (TPSA) is 64.2 Å². The van der Waals surface area contributed by atoms with Gasteiger partial charge in [0.15, 0.2) is 11.5 Å². The summed E-state index contributed by atoms with van der Waals surface area (Å²) in [5.41, 5.74) is 0.407. The molecule has 0 saturated carbocycles. The number of ether oxygens (including phenoxy) is 2. The lowest BCUT2D eigenvalue weighted by atomic mass is 10.2. The number of hydrogen-bond acceptors (Lipinski definition) is 4. The van der Waals surface area contributed by atoms with Gasteiger partial charge >= 0.3 is 0 Å². The Morgan fingerprint density at radius 3 is 2.78 bits per heavy atom. The summed E-state index contributed by atoms with van der Waals surface area (Å²) < 4.78 is 10.9. The van der Waals surface area contributed by atoms with Crippen molar-refractivity contribution >= 4 is 10.9 Å². The van der Waals surface area contributed by atoms with E-state index >= 15 is 0 Å². The normalized spacial score (nSPS) is 10.9. The number of nitrogens with one attached hydrogen (secondary N) is 1. The second-order valence-electron chi connectivity index (χ2n) is 4.46. The lowest BCUT2D eigenvalue weighted by Gasteiger charge is -2.12. The summed E-state index contributed by atoms with van der Waals surface area (Å²) in [5.74, 6) is 1.55. The maximum Gasteiger partial charge on any atom is 0.258 e. The van der Waals surface area contributed by atoms with E-state index in [1.54, 1.807) is 19.2 Å². The van der Waals surface area contributed by atoms with Crippen LogP contribution in [0.2, 0.25) is 0 Å². The Kier molecular flexibility index (Phi) is 3.50. The average molecular weight is 248 g/mol. The van der Waals surface area contributed by atoms with Crippen LogP contribution in [0.25, 0.3) is 10.9 Å². The Morgan fingerprint density at radius 2 is 2.11 bits per heavy atom. The summed E-state index contributed by atoms with van der Waals surface area (Å²) in [6.07, 6.45) is 1.37. The standard InChI is InChI=1S/C13H16N2O3/c1-8(2)6-18-12-4-9-10(5-11(12)17-3)14-7-15-13(9)16/h4-5,7-8H,6H2,1-3H3,(H,14,15,16). The minimum absolute atomic E-state index is 0.183. The van der Waals surface area contributed by atoms with Crippen LogP contribution >= 0.6 is 0 Å². The van der Waals surface area contributed by atoms with E-state index in [4.69, 9.17) is 9.47 Å². The smallest absolute Gasteiger partial charge is 0.258 e. The van der Waals surface area contributed by atoms with E-state index in [1.165, 1.54) is 6.33 Å². The first-order valence-corrected chi connectivity index (χ1v) is 5.80. The van der Waals surface area contributed by atoms with Crippen LogP contribution in [0.3, 0.4) is 0 Å². The zero-order chi connectivity index (χ0) is 13.1. The molecule has 0 bridgehead atoms. The van der Waals surface area contributed by atoms with Gasteiger partial charge in [0.1, 0.15) is 0 Å². The molecule has 0 atom stereocenters. The molecule has 0 spiro atoms. The molecule has 5 heteroatoms. The highest BCUT2D eigenvalue weighted by molar-refractivity contribution is 5.81. The molecule has 1 N–H and O–H groups in total. The predicted octanol–water partition coefficient (Wildman–Crippen LogP) is 1.97. The molecule has 5 nitrogen and oxygen atoms in total. The third kappa shape index (κ3) is 2.45. The van der Waals surface area contributed by atoms with Crippen molar-refractivity contribution in [2.24, 2.45) is 5.92 Å². The molecular formula is C13H16N2O3. The fourth-order valence-corrected chi connectivity index (χ4v) is 1.60. The van der Waals surface area contributed by atoms with Crippen molar-refractivity contribution in [1.82, 2.24) is 9.97 Å². The van der Waals surface area contributed by atoms with Crippen molar-refractivity contribution in [3.05, 3.63) is 28.8 Å². The van der Waals surface area contributed by atoms with Crippen molar-refractivity contribution < 1.29 is 9.47 Å². The number of benzene rings is 1. The van der Waals surface area contributed by atoms with Crippen LogP contribution in [-0.2, 0) is 0 Å². The van der Waals surface area contributed by atoms with Gasteiger partial charge in [-0.05, 0) is 12.0 Å². The molecule has 0 aliphatic carbocycles. The van der Waals surface area contributed by atoms with Crippen molar-refractivity contribution in [2.45, 2.75) is 13.8 Å². The fraction of sp³-hybridized carbons (Fsp3) is 0.385. The van der Waals surface area contributed by atoms with Gasteiger partial charge in [-0.15, -0.1) is 0 Å². The van der Waals surface area contributed by atoms with Crippen molar-refractivity contribution in [3.63, 3.8) is 0 Å². The van der Waals surface area contributed by atoms with Gasteiger partial charge in [-0.25, -0.2) is 4.98 Å². The summed E-state index contributed by atoms with van der Waals surface area (Å²) in [7, 11) is 1.57. The number of aromatic nitrogens is 2. The van der Waals surface area contributed by atoms with Crippen LogP contribution in [0.4, 0.5) is 0 Å². The van der Waals surface area contributed by atoms with E-state index in [-0.39, 0.29) is 5.56 Å². The summed E-state index contributed by atoms with van der Waals surface area (Å²) in [5, 5.41) is 0.497. The molecule has 1 heterocycles. The van der Waals surface area contributed by atoms with Gasteiger partial charge in [-0.3, -0.25) is 4.79 Å². The predicted molar refractivity (Wildman–Crippen MR) is 69.2 cm³/mol. The van der Waals surface area contributed by atoms with Crippen LogP contribution in [0, 0.1) is 5.92 Å². The largest absolute Gasteiger partial charge is 0.493 e. The third-order valence-electron chi connectivity index (χ3n) is 2.50. The Morgan fingerprint density at radius 1 is 1.33 bits per heavy atom. The fourth-order valence-electron chi connectivity index (χ4n) is 1.60. The van der Waals surface area contributed by atoms with Crippen LogP contribution in [-0.4, -0.2) is 23.7 Å². The number of aromatic amines is 1. The summed E-state index contributed by atoms with van der Waals surface area (Å²) in [6.45, 7) is 4.68. The highest BCUT2D eigenvalue weighted by atomic mass is 16.5. The molecule has 0 amide bonds. The number of methoxy groups -OCH3 is 1. The molecule has 0 unspecified atom stereocenters. The van der Waals surface area contributed by atoms with Crippen molar-refractivity contribution in [3.8, 4) is 11.5 Å². The Bertz CT molecular complexity index is 605. The van der Waals surface area contributed by atoms with E-state index in [2.05, 4.69) is 23.8 Å². The highest BCUT2D eigenvalue weighted by Crippen LogP contribution is 2.30. The van der Waals surface area contributed by atoms with Gasteiger partial charge in [0.05, 0.1) is 30.9 Å². The maximum absolute atomic E-state index is 11.7. The quantitative estimate of drug-likeness (QED) is 0.898. The highest BCUT2D eigenvalue weighted by Gasteiger charge is 2.10. The summed E-state index contributed by atoms with van der Waals surface area (Å²) in [4.78, 5) is 18.3. The molecule has 0 radical (unpaired) electrons. The monoisotopic (exact) mass is 248 g/mol. The molecule has 18 heavy (non-hydrogen) atoms. The molecule has 0 aliphatic rings. The van der Waals surface area contributed by atoms with Crippen LogP contribution < -0.4 is 15.0 Å². The van der Waals surface area contributed by atoms with Gasteiger partial charge in [-0.1, -0.05) is 13.8 Å². The molecule has 0 aliphatic heterocycles. The second-order valence-corrected chi connectivity index (χ2v) is 4.46. The number of hydrogen-bond donors (Lipinski definition) is 1. The van der Waals surface area contributed by atoms with Gasteiger partial charge in [0, 0.05) is 6.07 Å². The Balaban J connectivity index is 2.50. The van der Waals surface area contributed by atoms with Gasteiger partial charge in [0.25, 0.3) is 5.56 Å². The molecule has 1 aromatic carbocycles. The van der Waals surface area contributed by atoms with Crippen molar-refractivity contribution in [1.29, 1.82) is 0 Å². The molecule has 2 aromatic rings. The van der Waals surface area contributed by atoms with E-state index in [9.17, 15) is 4.79 Å². The van der Waals surface area contributed by atoms with E-state index in [1.807, 2.05) is 0 Å². The van der Waals surface area contributed by atoms with Crippen molar-refractivity contribution in [2.75, 3.05) is 13.7 Å². The molecule has 1 aromatic heterocycles. The number of fused-ring (bicyclic) bond motifs is 1. The minimum Gasteiger partial charge on any atom is -0.493 e. The zero-order valence-electron chi connectivity index (χ0n) is 10.7. The van der Waals surface area contributed by atoms with Gasteiger partial charge in [0.2, 0.25) is 0 Å². The summed E-state index contributed by atoms with van der Waals surface area (Å²) >= 11 is 0. The van der Waals surface area contributed by atoms with Crippen LogP contribution in [0.1, 0.15) is 13.8 Å². The van der Waals surface area contributed by atoms with Gasteiger partial charge < -0.3 is 14.5 Å². The molecule has 0 fully saturated rings. The van der Waals surface area contributed by atoms with E-state index in [0.717, 1.165) is 0 Å². The average Bonchev–Trinajstić information content (AvgIpc) is 2.36. The number of H-pyrrole nitrogens is 1. The Labute approximate surface area is 105 Å².